The van der Waals surface area contributed by atoms with Crippen LogP contribution in [0.2, 0.25) is 0 Å². The monoisotopic (exact) mass is 493 g/mol. The van der Waals surface area contributed by atoms with Crippen LogP contribution in [-0.2, 0) is 16.0 Å². The predicted octanol–water partition coefficient (Wildman–Crippen LogP) is 5.76. The van der Waals surface area contributed by atoms with E-state index in [1.165, 1.54) is 0 Å². The number of ether oxygens (including phenoxy) is 1. The summed E-state index contributed by atoms with van der Waals surface area (Å²) in [7, 11) is 0. The lowest BCUT2D eigenvalue weighted by Crippen LogP contribution is -2.41. The van der Waals surface area contributed by atoms with Gasteiger partial charge in [0.2, 0.25) is 0 Å². The zero-order valence-electron chi connectivity index (χ0n) is 17.5. The molecule has 0 aliphatic heterocycles. The molecule has 6 heteroatoms. The van der Waals surface area contributed by atoms with Crippen molar-refractivity contribution in [2.75, 3.05) is 6.61 Å². The lowest BCUT2D eigenvalue weighted by Gasteiger charge is -2.17. The van der Waals surface area contributed by atoms with Gasteiger partial charge in [-0.25, -0.2) is 9.59 Å². The van der Waals surface area contributed by atoms with Crippen molar-refractivity contribution in [1.82, 2.24) is 5.32 Å². The standard InChI is InChI=1S/C26H24BrNO4/c27-18-9-5-7-17(15-18)8-6-14-24(25(29)30)28-26(31)32-16-23-21-12-3-1-10-19(21)20-11-2-4-13-22(20)23/h1-5,7,9-13,15,23-24H,6,8,14,16H2,(H,28,31)(H,29,30)/t24-/m0/s1. The minimum Gasteiger partial charge on any atom is -0.480 e. The van der Waals surface area contributed by atoms with Gasteiger partial charge in [0, 0.05) is 10.4 Å². The molecule has 3 aromatic rings. The maximum Gasteiger partial charge on any atom is 0.407 e. The number of alkyl carbamates (subject to hydrolysis) is 1. The molecule has 4 rings (SSSR count). The Morgan fingerprint density at radius 2 is 1.62 bits per heavy atom. The molecular formula is C26H24BrNO4. The van der Waals surface area contributed by atoms with E-state index in [0.29, 0.717) is 12.8 Å². The Balaban J connectivity index is 1.34. The second-order valence-corrected chi connectivity index (χ2v) is 8.80. The maximum atomic E-state index is 12.4. The number of aliphatic carboxylic acids is 1. The molecule has 0 spiro atoms. The van der Waals surface area contributed by atoms with Crippen LogP contribution in [0.5, 0.6) is 0 Å². The number of rotatable bonds is 8. The van der Waals surface area contributed by atoms with Gasteiger partial charge in [0.15, 0.2) is 0 Å². The highest BCUT2D eigenvalue weighted by Gasteiger charge is 2.29. The van der Waals surface area contributed by atoms with E-state index < -0.39 is 18.1 Å². The molecule has 0 heterocycles. The Kier molecular flexibility index (Phi) is 6.90. The highest BCUT2D eigenvalue weighted by Crippen LogP contribution is 2.44. The first-order chi connectivity index (χ1) is 15.5. The second-order valence-electron chi connectivity index (χ2n) is 7.88. The number of amides is 1. The number of hydrogen-bond donors (Lipinski definition) is 2. The largest absolute Gasteiger partial charge is 0.480 e. The van der Waals surface area contributed by atoms with Gasteiger partial charge in [0.25, 0.3) is 0 Å². The summed E-state index contributed by atoms with van der Waals surface area (Å²) >= 11 is 3.44. The zero-order chi connectivity index (χ0) is 22.5. The number of carboxylic acids is 1. The van der Waals surface area contributed by atoms with Gasteiger partial charge in [-0.1, -0.05) is 76.6 Å². The van der Waals surface area contributed by atoms with Crippen molar-refractivity contribution in [2.24, 2.45) is 0 Å². The minimum absolute atomic E-state index is 0.0621. The number of nitrogens with one attached hydrogen (secondary N) is 1. The van der Waals surface area contributed by atoms with Crippen molar-refractivity contribution >= 4 is 28.0 Å². The second kappa shape index (κ2) is 10.0. The maximum absolute atomic E-state index is 12.4. The van der Waals surface area contributed by atoms with Crippen LogP contribution in [-0.4, -0.2) is 29.8 Å². The van der Waals surface area contributed by atoms with Crippen LogP contribution in [0, 0.1) is 0 Å². The fourth-order valence-electron chi connectivity index (χ4n) is 4.24. The average molecular weight is 494 g/mol. The van der Waals surface area contributed by atoms with Crippen molar-refractivity contribution in [3.05, 3.63) is 94.0 Å². The molecule has 0 radical (unpaired) electrons. The predicted molar refractivity (Wildman–Crippen MR) is 127 cm³/mol. The van der Waals surface area contributed by atoms with Crippen LogP contribution in [0.1, 0.15) is 35.4 Å². The van der Waals surface area contributed by atoms with E-state index in [4.69, 9.17) is 4.74 Å². The molecule has 0 saturated heterocycles. The first-order valence-corrected chi connectivity index (χ1v) is 11.4. The van der Waals surface area contributed by atoms with Crippen molar-refractivity contribution in [2.45, 2.75) is 31.2 Å². The molecule has 0 fully saturated rings. The van der Waals surface area contributed by atoms with E-state index in [9.17, 15) is 14.7 Å². The summed E-state index contributed by atoms with van der Waals surface area (Å²) in [6, 6.07) is 23.1. The summed E-state index contributed by atoms with van der Waals surface area (Å²) < 4.78 is 6.47. The third kappa shape index (κ3) is 5.02. The number of aryl methyl sites for hydroxylation is 1. The summed E-state index contributed by atoms with van der Waals surface area (Å²) in [5, 5.41) is 12.0. The number of hydrogen-bond acceptors (Lipinski definition) is 3. The van der Waals surface area contributed by atoms with Gasteiger partial charge in [-0.3, -0.25) is 0 Å². The van der Waals surface area contributed by atoms with E-state index in [0.717, 1.165) is 38.7 Å². The minimum atomic E-state index is -1.06. The van der Waals surface area contributed by atoms with E-state index in [1.807, 2.05) is 60.7 Å². The zero-order valence-corrected chi connectivity index (χ0v) is 19.0. The van der Waals surface area contributed by atoms with Gasteiger partial charge >= 0.3 is 12.1 Å². The third-order valence-corrected chi connectivity index (χ3v) is 6.27. The summed E-state index contributed by atoms with van der Waals surface area (Å²) in [6.07, 6.45) is 0.986. The van der Waals surface area contributed by atoms with Gasteiger partial charge < -0.3 is 15.2 Å². The van der Waals surface area contributed by atoms with E-state index in [1.54, 1.807) is 0 Å². The van der Waals surface area contributed by atoms with Gasteiger partial charge in [-0.15, -0.1) is 0 Å². The molecule has 32 heavy (non-hydrogen) atoms. The Hall–Kier alpha value is -3.12. The van der Waals surface area contributed by atoms with Crippen molar-refractivity contribution in [3.8, 4) is 11.1 Å². The Bertz CT molecular complexity index is 1080. The molecule has 0 unspecified atom stereocenters. The average Bonchev–Trinajstić information content (AvgIpc) is 3.11. The van der Waals surface area contributed by atoms with Crippen LogP contribution in [0.4, 0.5) is 4.79 Å². The van der Waals surface area contributed by atoms with Crippen LogP contribution in [0.25, 0.3) is 11.1 Å². The van der Waals surface area contributed by atoms with Crippen molar-refractivity contribution in [3.63, 3.8) is 0 Å². The summed E-state index contributed by atoms with van der Waals surface area (Å²) in [6.45, 7) is 0.157. The molecule has 0 saturated carbocycles. The van der Waals surface area contributed by atoms with Gasteiger partial charge in [0.1, 0.15) is 12.6 Å². The first kappa shape index (κ1) is 22.1. The Morgan fingerprint density at radius 3 is 2.25 bits per heavy atom. The molecule has 0 bridgehead atoms. The quantitative estimate of drug-likeness (QED) is 0.417. The van der Waals surface area contributed by atoms with Crippen LogP contribution in [0.3, 0.4) is 0 Å². The number of benzene rings is 3. The molecule has 2 N–H and O–H groups in total. The smallest absolute Gasteiger partial charge is 0.407 e. The fourth-order valence-corrected chi connectivity index (χ4v) is 4.69. The fraction of sp³-hybridized carbons (Fsp3) is 0.231. The van der Waals surface area contributed by atoms with Crippen LogP contribution < -0.4 is 5.32 Å². The summed E-state index contributed by atoms with van der Waals surface area (Å²) in [4.78, 5) is 24.1. The normalized spacial score (nSPS) is 13.2. The van der Waals surface area contributed by atoms with E-state index >= 15 is 0 Å². The molecular weight excluding hydrogens is 470 g/mol. The molecule has 1 amide bonds. The number of fused-ring (bicyclic) bond motifs is 3. The van der Waals surface area contributed by atoms with Gasteiger partial charge in [0.05, 0.1) is 0 Å². The van der Waals surface area contributed by atoms with Gasteiger partial charge in [-0.05, 0) is 59.2 Å². The third-order valence-electron chi connectivity index (χ3n) is 5.78. The molecule has 164 valence electrons. The van der Waals surface area contributed by atoms with Crippen molar-refractivity contribution in [1.29, 1.82) is 0 Å². The molecule has 3 aromatic carbocycles. The number of halogens is 1. The number of carbonyl (C=O) groups is 2. The molecule has 1 atom stereocenters. The number of carboxylic acid groups (broad SMARTS) is 1. The molecule has 1 aliphatic carbocycles. The Labute approximate surface area is 195 Å². The molecule has 5 nitrogen and oxygen atoms in total. The highest BCUT2D eigenvalue weighted by molar-refractivity contribution is 9.10. The lowest BCUT2D eigenvalue weighted by atomic mass is 9.98. The van der Waals surface area contributed by atoms with E-state index in [2.05, 4.69) is 33.4 Å². The first-order valence-electron chi connectivity index (χ1n) is 10.6. The van der Waals surface area contributed by atoms with E-state index in [-0.39, 0.29) is 12.5 Å². The summed E-state index contributed by atoms with van der Waals surface area (Å²) in [5.74, 6) is -1.12. The van der Waals surface area contributed by atoms with Gasteiger partial charge in [-0.2, -0.15) is 0 Å². The SMILES string of the molecule is O=C(N[C@@H](CCCc1cccc(Br)c1)C(=O)O)OCC1c2ccccc2-c2ccccc21. The van der Waals surface area contributed by atoms with Crippen LogP contribution in [0.15, 0.2) is 77.3 Å². The number of carbonyl (C=O) groups excluding carboxylic acids is 1. The van der Waals surface area contributed by atoms with Crippen LogP contribution >= 0.6 is 15.9 Å². The topological polar surface area (TPSA) is 75.6 Å². The molecule has 1 aliphatic rings. The van der Waals surface area contributed by atoms with Crippen molar-refractivity contribution < 1.29 is 19.4 Å². The Morgan fingerprint density at radius 1 is 0.969 bits per heavy atom. The molecule has 0 aromatic heterocycles. The highest BCUT2D eigenvalue weighted by atomic mass is 79.9. The lowest BCUT2D eigenvalue weighted by molar-refractivity contribution is -0.139. The summed E-state index contributed by atoms with van der Waals surface area (Å²) in [5.41, 5.74) is 5.64.